The number of carbonyl (C=O) groups is 5. The number of phenols is 1. The summed E-state index contributed by atoms with van der Waals surface area (Å²) in [7, 11) is 4.52. The number of hydrogen-bond acceptors (Lipinski definition) is 10. The fraction of sp³-hybridized carbons (Fsp3) is 0.429. The summed E-state index contributed by atoms with van der Waals surface area (Å²) in [6.07, 6.45) is 3.89. The number of methoxy groups -OCH3 is 2. The molecule has 57 heavy (non-hydrogen) atoms. The predicted octanol–water partition coefficient (Wildman–Crippen LogP) is 6.86. The number of halogens is 1. The summed E-state index contributed by atoms with van der Waals surface area (Å²) in [5.41, 5.74) is 1.56. The minimum atomic E-state index is -1.36. The first kappa shape index (κ1) is 38.7. The van der Waals surface area contributed by atoms with Gasteiger partial charge in [-0.15, -0.1) is 11.3 Å². The van der Waals surface area contributed by atoms with Crippen LogP contribution in [0.3, 0.4) is 0 Å². The van der Waals surface area contributed by atoms with Crippen molar-refractivity contribution >= 4 is 68.4 Å². The van der Waals surface area contributed by atoms with Gasteiger partial charge in [-0.3, -0.25) is 33.6 Å². The average Bonchev–Trinajstić information content (AvgIpc) is 3.85. The molecule has 4 aliphatic rings. The number of rotatable bonds is 11. The van der Waals surface area contributed by atoms with Crippen LogP contribution in [0.15, 0.2) is 48.0 Å². The number of allylic oxidation sites excluding steroid dienone is 2. The van der Waals surface area contributed by atoms with Crippen LogP contribution in [-0.2, 0) is 31.0 Å². The molecule has 0 radical (unpaired) electrons. The van der Waals surface area contributed by atoms with Gasteiger partial charge < -0.3 is 19.7 Å². The highest BCUT2D eigenvalue weighted by Crippen LogP contribution is 2.64. The molecule has 6 atom stereocenters. The number of unbranched alkanes of at least 4 members (excludes halogenated alkanes) is 2. The molecule has 2 aliphatic carbocycles. The minimum Gasteiger partial charge on any atom is -0.502 e. The third-order valence-electron chi connectivity index (χ3n) is 12.7. The van der Waals surface area contributed by atoms with Crippen LogP contribution in [0.25, 0.3) is 20.7 Å². The van der Waals surface area contributed by atoms with E-state index in [0.29, 0.717) is 41.4 Å². The fourth-order valence-electron chi connectivity index (χ4n) is 9.92. The van der Waals surface area contributed by atoms with Gasteiger partial charge in [-0.1, -0.05) is 29.7 Å². The number of carboxylic acid groups (broad SMARTS) is 1. The average molecular weight is 815 g/mol. The largest absolute Gasteiger partial charge is 0.502 e. The Balaban J connectivity index is 1.20. The Kier molecular flexibility index (Phi) is 9.71. The summed E-state index contributed by atoms with van der Waals surface area (Å²) < 4.78 is 13.7. The van der Waals surface area contributed by atoms with Crippen molar-refractivity contribution in [2.45, 2.75) is 58.3 Å². The monoisotopic (exact) mass is 814 g/mol. The zero-order chi connectivity index (χ0) is 40.7. The van der Waals surface area contributed by atoms with Crippen LogP contribution in [0, 0.1) is 36.0 Å². The van der Waals surface area contributed by atoms with Gasteiger partial charge in [0.2, 0.25) is 29.4 Å². The summed E-state index contributed by atoms with van der Waals surface area (Å²) in [5, 5.41) is 26.3. The predicted molar refractivity (Wildman–Crippen MR) is 212 cm³/mol. The standard InChI is InChI=1S/C42H43ClN4O9S/c1-20-25-17-22(43)10-13-31(25)57-37(20)28-19-32(45(3)44-28)47-39(52)27-18-26-23(11-12-24-34(26)40(53)46(38(24)51)14-8-6-7-9-33(48)49)35(42(27,2)41(47)54)21-15-29(55-4)36(50)30(16-21)56-5/h10-11,13,15-17,19,24,26-27,34-35,50H,6-9,12,14,18H2,1-5H3,(H,48,49)/t24-,26+,27-,34-,35-,42+/m0/s1. The molecule has 0 unspecified atom stereocenters. The zero-order valence-corrected chi connectivity index (χ0v) is 33.8. The van der Waals surface area contributed by atoms with Crippen molar-refractivity contribution in [2.75, 3.05) is 25.7 Å². The third kappa shape index (κ3) is 5.93. The molecule has 2 aromatic heterocycles. The van der Waals surface area contributed by atoms with Gasteiger partial charge in [-0.2, -0.15) is 5.10 Å². The number of fused-ring (bicyclic) bond motifs is 5. The van der Waals surface area contributed by atoms with Gasteiger partial charge in [-0.05, 0) is 92.3 Å². The van der Waals surface area contributed by atoms with E-state index in [2.05, 4.69) is 0 Å². The van der Waals surface area contributed by atoms with Gasteiger partial charge in [0.1, 0.15) is 11.5 Å². The number of aliphatic carboxylic acids is 1. The number of ether oxygens (including phenoxy) is 2. The second-order valence-electron chi connectivity index (χ2n) is 15.7. The molecule has 4 amide bonds. The van der Waals surface area contributed by atoms with Crippen molar-refractivity contribution in [3.8, 4) is 27.8 Å². The number of imide groups is 2. The molecule has 2 aromatic carbocycles. The highest BCUT2D eigenvalue weighted by atomic mass is 35.5. The number of thiophene rings is 1. The smallest absolute Gasteiger partial charge is 0.303 e. The Labute approximate surface area is 337 Å². The molecular weight excluding hydrogens is 772 g/mol. The van der Waals surface area contributed by atoms with E-state index in [1.54, 1.807) is 48.2 Å². The molecule has 1 saturated carbocycles. The van der Waals surface area contributed by atoms with Gasteiger partial charge in [0, 0.05) is 41.7 Å². The zero-order valence-electron chi connectivity index (χ0n) is 32.2. The topological polar surface area (TPSA) is 169 Å². The minimum absolute atomic E-state index is 0.0147. The van der Waals surface area contributed by atoms with E-state index in [-0.39, 0.29) is 54.9 Å². The Bertz CT molecular complexity index is 2390. The van der Waals surface area contributed by atoms with Gasteiger partial charge in [0.15, 0.2) is 11.5 Å². The van der Waals surface area contributed by atoms with Crippen molar-refractivity contribution in [1.29, 1.82) is 0 Å². The van der Waals surface area contributed by atoms with Crippen molar-refractivity contribution < 1.29 is 43.7 Å². The number of aromatic nitrogens is 2. The van der Waals surface area contributed by atoms with E-state index in [1.165, 1.54) is 24.0 Å². The molecule has 2 aliphatic heterocycles. The molecule has 298 valence electrons. The van der Waals surface area contributed by atoms with Crippen LogP contribution in [0.2, 0.25) is 5.02 Å². The van der Waals surface area contributed by atoms with Crippen LogP contribution in [-0.4, -0.2) is 75.3 Å². The number of aryl methyl sites for hydroxylation is 2. The van der Waals surface area contributed by atoms with Gasteiger partial charge in [0.05, 0.1) is 42.3 Å². The van der Waals surface area contributed by atoms with E-state index in [9.17, 15) is 24.3 Å². The van der Waals surface area contributed by atoms with Crippen LogP contribution < -0.4 is 14.4 Å². The van der Waals surface area contributed by atoms with Crippen molar-refractivity contribution in [1.82, 2.24) is 14.7 Å². The SMILES string of the molecule is COc1cc([C@H]2C3=CC[C@@H]4C(=O)N(CCCCCC(=O)O)C(=O)[C@@H]4[C@@H]3C[C@H]3C(=O)N(c4cc(-c5sc6ccc(Cl)cc6c5C)nn4C)C(=O)[C@@]23C)cc(OC)c1O. The van der Waals surface area contributed by atoms with Gasteiger partial charge in [-0.25, -0.2) is 4.90 Å². The summed E-state index contributed by atoms with van der Waals surface area (Å²) in [4.78, 5) is 72.7. The van der Waals surface area contributed by atoms with Crippen molar-refractivity contribution in [3.63, 3.8) is 0 Å². The first-order valence-corrected chi connectivity index (χ1v) is 20.2. The number of hydrogen-bond donors (Lipinski definition) is 2. The quantitative estimate of drug-likeness (QED) is 0.0927. The number of amides is 4. The Morgan fingerprint density at radius 1 is 1.00 bits per heavy atom. The molecule has 4 aromatic rings. The number of nitrogens with zero attached hydrogens (tertiary/aromatic N) is 4. The normalized spacial score (nSPS) is 25.5. The number of phenolic OH excluding ortho intramolecular Hbond substituents is 1. The highest BCUT2D eigenvalue weighted by Gasteiger charge is 2.68. The van der Waals surface area contributed by atoms with E-state index >= 15 is 4.79 Å². The van der Waals surface area contributed by atoms with E-state index in [1.807, 2.05) is 31.2 Å². The number of aromatic hydroxyl groups is 1. The van der Waals surface area contributed by atoms with Crippen molar-refractivity contribution in [3.05, 3.63) is 64.2 Å². The summed E-state index contributed by atoms with van der Waals surface area (Å²) in [6.45, 7) is 3.97. The molecular formula is C42H43ClN4O9S. The lowest BCUT2D eigenvalue weighted by Gasteiger charge is -2.49. The molecule has 2 saturated heterocycles. The van der Waals surface area contributed by atoms with Crippen LogP contribution in [0.1, 0.15) is 62.5 Å². The Morgan fingerprint density at radius 3 is 2.40 bits per heavy atom. The molecule has 0 spiro atoms. The number of likely N-dealkylation sites (tertiary alicyclic amines) is 1. The van der Waals surface area contributed by atoms with E-state index in [0.717, 1.165) is 26.1 Å². The Hall–Kier alpha value is -5.21. The number of benzene rings is 2. The first-order chi connectivity index (χ1) is 27.2. The molecule has 13 nitrogen and oxygen atoms in total. The number of carboxylic acids is 1. The van der Waals surface area contributed by atoms with Gasteiger partial charge in [0.25, 0.3) is 0 Å². The summed E-state index contributed by atoms with van der Waals surface area (Å²) >= 11 is 7.87. The molecule has 3 fully saturated rings. The van der Waals surface area contributed by atoms with Crippen LogP contribution >= 0.6 is 22.9 Å². The highest BCUT2D eigenvalue weighted by molar-refractivity contribution is 7.22. The van der Waals surface area contributed by atoms with Crippen molar-refractivity contribution in [2.24, 2.45) is 36.1 Å². The molecule has 0 bridgehead atoms. The Morgan fingerprint density at radius 2 is 1.72 bits per heavy atom. The maximum Gasteiger partial charge on any atom is 0.303 e. The second-order valence-corrected chi connectivity index (χ2v) is 17.2. The lowest BCUT2D eigenvalue weighted by molar-refractivity contribution is -0.141. The molecule has 15 heteroatoms. The second kappa shape index (κ2) is 14.3. The molecule has 2 N–H and O–H groups in total. The summed E-state index contributed by atoms with van der Waals surface area (Å²) in [5.74, 6) is -5.57. The lowest BCUT2D eigenvalue weighted by Crippen LogP contribution is -2.49. The third-order valence-corrected chi connectivity index (χ3v) is 14.2. The maximum atomic E-state index is 15.2. The van der Waals surface area contributed by atoms with Crippen LogP contribution in [0.5, 0.6) is 17.2 Å². The maximum absolute atomic E-state index is 15.2. The summed E-state index contributed by atoms with van der Waals surface area (Å²) in [6, 6.07) is 10.7. The fourth-order valence-corrected chi connectivity index (χ4v) is 11.2. The first-order valence-electron chi connectivity index (χ1n) is 19.0. The van der Waals surface area contributed by atoms with Gasteiger partial charge >= 0.3 is 5.97 Å². The molecule has 4 heterocycles. The number of carbonyl (C=O) groups excluding carboxylic acids is 4. The van der Waals surface area contributed by atoms with Crippen LogP contribution in [0.4, 0.5) is 5.82 Å². The van der Waals surface area contributed by atoms with E-state index in [4.69, 9.17) is 31.3 Å². The number of anilines is 1. The molecule has 8 rings (SSSR count). The van der Waals surface area contributed by atoms with E-state index < -0.39 is 52.8 Å². The lowest BCUT2D eigenvalue weighted by atomic mass is 9.51.